The lowest BCUT2D eigenvalue weighted by atomic mass is 10.0. The van der Waals surface area contributed by atoms with Crippen LogP contribution in [0.3, 0.4) is 0 Å². The second-order valence-corrected chi connectivity index (χ2v) is 6.02. The van der Waals surface area contributed by atoms with Gasteiger partial charge in [0.15, 0.2) is 0 Å². The lowest BCUT2D eigenvalue weighted by molar-refractivity contribution is 0.0496. The fraction of sp³-hybridized carbons (Fsp3) is 0.500. The topological polar surface area (TPSA) is 18.5 Å². The quantitative estimate of drug-likeness (QED) is 0.722. The zero-order valence-corrected chi connectivity index (χ0v) is 12.7. The van der Waals surface area contributed by atoms with Crippen LogP contribution in [-0.2, 0) is 4.74 Å². The van der Waals surface area contributed by atoms with E-state index in [0.29, 0.717) is 5.92 Å². The molecule has 88 valence electrons. The molecule has 16 heavy (non-hydrogen) atoms. The van der Waals surface area contributed by atoms with Gasteiger partial charge < -0.3 is 9.47 Å². The van der Waals surface area contributed by atoms with Gasteiger partial charge in [-0.15, -0.1) is 0 Å². The highest BCUT2D eigenvalue weighted by Crippen LogP contribution is 2.26. The van der Waals surface area contributed by atoms with Crippen LogP contribution in [0.2, 0.25) is 0 Å². The molecular formula is C12H14BrIO2. The highest BCUT2D eigenvalue weighted by atomic mass is 127. The van der Waals surface area contributed by atoms with E-state index in [1.807, 2.05) is 12.1 Å². The van der Waals surface area contributed by atoms with E-state index in [-0.39, 0.29) is 0 Å². The summed E-state index contributed by atoms with van der Waals surface area (Å²) >= 11 is 5.75. The minimum atomic E-state index is 0.646. The van der Waals surface area contributed by atoms with Gasteiger partial charge >= 0.3 is 0 Å². The number of ether oxygens (including phenoxy) is 2. The van der Waals surface area contributed by atoms with E-state index in [2.05, 4.69) is 44.6 Å². The minimum absolute atomic E-state index is 0.646. The van der Waals surface area contributed by atoms with Crippen molar-refractivity contribution in [3.63, 3.8) is 0 Å². The number of rotatable bonds is 3. The van der Waals surface area contributed by atoms with E-state index in [1.165, 1.54) is 0 Å². The van der Waals surface area contributed by atoms with Crippen LogP contribution in [0.25, 0.3) is 0 Å². The molecule has 2 rings (SSSR count). The first-order chi connectivity index (χ1) is 7.75. The van der Waals surface area contributed by atoms with Crippen molar-refractivity contribution in [2.45, 2.75) is 12.8 Å². The van der Waals surface area contributed by atoms with Crippen molar-refractivity contribution in [1.29, 1.82) is 0 Å². The van der Waals surface area contributed by atoms with E-state index in [1.54, 1.807) is 0 Å². The summed E-state index contributed by atoms with van der Waals surface area (Å²) in [6.07, 6.45) is 2.24. The van der Waals surface area contributed by atoms with Gasteiger partial charge in [0, 0.05) is 17.7 Å². The van der Waals surface area contributed by atoms with E-state index >= 15 is 0 Å². The van der Waals surface area contributed by atoms with Crippen LogP contribution in [0.5, 0.6) is 5.75 Å². The predicted molar refractivity (Wildman–Crippen MR) is 75.9 cm³/mol. The Labute approximate surface area is 118 Å². The zero-order valence-electron chi connectivity index (χ0n) is 8.92. The van der Waals surface area contributed by atoms with Crippen molar-refractivity contribution < 1.29 is 9.47 Å². The fourth-order valence-electron chi connectivity index (χ4n) is 1.71. The summed E-state index contributed by atoms with van der Waals surface area (Å²) in [5, 5.41) is 0. The summed E-state index contributed by atoms with van der Waals surface area (Å²) in [5.74, 6) is 1.63. The van der Waals surface area contributed by atoms with Gasteiger partial charge in [0.2, 0.25) is 0 Å². The third-order valence-corrected chi connectivity index (χ3v) is 4.05. The molecule has 1 aliphatic heterocycles. The monoisotopic (exact) mass is 396 g/mol. The van der Waals surface area contributed by atoms with Crippen molar-refractivity contribution >= 4 is 38.5 Å². The average Bonchev–Trinajstić information content (AvgIpc) is 2.29. The van der Waals surface area contributed by atoms with Gasteiger partial charge in [0.05, 0.1) is 10.2 Å². The molecular weight excluding hydrogens is 383 g/mol. The van der Waals surface area contributed by atoms with E-state index in [0.717, 1.165) is 46.5 Å². The number of hydrogen-bond acceptors (Lipinski definition) is 2. The largest absolute Gasteiger partial charge is 0.492 e. The predicted octanol–water partition coefficient (Wildman–Crippen LogP) is 3.86. The second kappa shape index (κ2) is 6.21. The molecule has 1 aromatic carbocycles. The van der Waals surface area contributed by atoms with Gasteiger partial charge in [-0.05, 0) is 59.5 Å². The molecule has 0 aromatic heterocycles. The van der Waals surface area contributed by atoms with Gasteiger partial charge in [0.1, 0.15) is 5.75 Å². The average molecular weight is 397 g/mol. The Bertz CT molecular complexity index is 351. The Morgan fingerprint density at radius 2 is 2.12 bits per heavy atom. The number of halogens is 2. The molecule has 0 aliphatic carbocycles. The first-order valence-electron chi connectivity index (χ1n) is 5.41. The molecule has 1 aliphatic rings. The third-order valence-electron chi connectivity index (χ3n) is 2.71. The van der Waals surface area contributed by atoms with Gasteiger partial charge in [-0.3, -0.25) is 0 Å². The van der Waals surface area contributed by atoms with Crippen molar-refractivity contribution in [2.24, 2.45) is 5.92 Å². The summed E-state index contributed by atoms with van der Waals surface area (Å²) in [5.41, 5.74) is 0. The molecule has 2 nitrogen and oxygen atoms in total. The summed E-state index contributed by atoms with van der Waals surface area (Å²) in [4.78, 5) is 0. The molecule has 1 saturated heterocycles. The third kappa shape index (κ3) is 3.60. The summed E-state index contributed by atoms with van der Waals surface area (Å²) in [6, 6.07) is 6.10. The van der Waals surface area contributed by atoms with Crippen LogP contribution >= 0.6 is 38.5 Å². The Balaban J connectivity index is 1.88. The molecule has 0 saturated carbocycles. The standard InChI is InChI=1S/C12H14BrIO2/c13-10-1-2-12(11(14)7-10)16-8-9-3-5-15-6-4-9/h1-2,7,9H,3-6,8H2. The van der Waals surface area contributed by atoms with Crippen molar-refractivity contribution in [3.05, 3.63) is 26.2 Å². The van der Waals surface area contributed by atoms with Crippen molar-refractivity contribution in [1.82, 2.24) is 0 Å². The first kappa shape index (κ1) is 12.6. The van der Waals surface area contributed by atoms with Gasteiger partial charge in [-0.2, -0.15) is 0 Å². The summed E-state index contributed by atoms with van der Waals surface area (Å²) < 4.78 is 13.4. The highest BCUT2D eigenvalue weighted by Gasteiger charge is 2.14. The second-order valence-electron chi connectivity index (χ2n) is 3.94. The molecule has 0 spiro atoms. The molecule has 0 bridgehead atoms. The SMILES string of the molecule is Brc1ccc(OCC2CCOCC2)c(I)c1. The molecule has 0 unspecified atom stereocenters. The maximum Gasteiger partial charge on any atom is 0.132 e. The van der Waals surface area contributed by atoms with Crippen molar-refractivity contribution in [3.8, 4) is 5.75 Å². The Hall–Kier alpha value is 0.190. The normalized spacial score (nSPS) is 17.4. The first-order valence-corrected chi connectivity index (χ1v) is 7.28. The molecule has 0 N–H and O–H groups in total. The molecule has 0 radical (unpaired) electrons. The van der Waals surface area contributed by atoms with Gasteiger partial charge in [-0.1, -0.05) is 15.9 Å². The maximum atomic E-state index is 5.85. The summed E-state index contributed by atoms with van der Waals surface area (Å²) in [6.45, 7) is 2.57. The molecule has 1 aromatic rings. The molecule has 0 atom stereocenters. The molecule has 4 heteroatoms. The van der Waals surface area contributed by atoms with Crippen LogP contribution in [0.1, 0.15) is 12.8 Å². The zero-order chi connectivity index (χ0) is 11.4. The molecule has 1 fully saturated rings. The van der Waals surface area contributed by atoms with E-state index in [9.17, 15) is 0 Å². The lowest BCUT2D eigenvalue weighted by Gasteiger charge is -2.22. The van der Waals surface area contributed by atoms with Crippen LogP contribution in [0.15, 0.2) is 22.7 Å². The lowest BCUT2D eigenvalue weighted by Crippen LogP contribution is -2.21. The Morgan fingerprint density at radius 3 is 2.81 bits per heavy atom. The Kier molecular flexibility index (Phi) is 4.91. The number of hydrogen-bond donors (Lipinski definition) is 0. The minimum Gasteiger partial charge on any atom is -0.492 e. The maximum absolute atomic E-state index is 5.85. The van der Waals surface area contributed by atoms with E-state index in [4.69, 9.17) is 9.47 Å². The van der Waals surface area contributed by atoms with Crippen molar-refractivity contribution in [2.75, 3.05) is 19.8 Å². The van der Waals surface area contributed by atoms with Crippen LogP contribution in [0.4, 0.5) is 0 Å². The Morgan fingerprint density at radius 1 is 1.38 bits per heavy atom. The summed E-state index contributed by atoms with van der Waals surface area (Å²) in [7, 11) is 0. The van der Waals surface area contributed by atoms with Gasteiger partial charge in [-0.25, -0.2) is 0 Å². The molecule has 1 heterocycles. The van der Waals surface area contributed by atoms with Crippen LogP contribution < -0.4 is 4.74 Å². The van der Waals surface area contributed by atoms with Crippen LogP contribution in [-0.4, -0.2) is 19.8 Å². The van der Waals surface area contributed by atoms with Crippen LogP contribution in [0, 0.1) is 9.49 Å². The number of benzene rings is 1. The fourth-order valence-corrected chi connectivity index (χ4v) is 3.17. The van der Waals surface area contributed by atoms with E-state index < -0.39 is 0 Å². The van der Waals surface area contributed by atoms with Gasteiger partial charge in [0.25, 0.3) is 0 Å². The smallest absolute Gasteiger partial charge is 0.132 e. The highest BCUT2D eigenvalue weighted by molar-refractivity contribution is 14.1. The molecule has 0 amide bonds.